The van der Waals surface area contributed by atoms with Crippen molar-refractivity contribution >= 4 is 41.3 Å². The largest absolute Gasteiger partial charge is 0.477 e. The molecule has 3 amide bonds. The van der Waals surface area contributed by atoms with Crippen molar-refractivity contribution in [3.8, 4) is 0 Å². The maximum atomic E-state index is 13.7. The standard InChI is InChI=1S/C30H37N5O9S/c1-15-24-23(16(2)36)28(38)34(24)25(29(39)40)26(15)45-20-11-22(27(37)31-21-13-32-9-7-18(21)8-10-32)33(12-20)30(41)44-14-17-3-5-19(6-4-17)35(42)43/h3-6,15-16,18,20-24,36H,7-14H2,1-2H3,(H,31,37)(H,39,40)/t15-,16-,20+,21?,22?,23-,24-/m1/s1. The van der Waals surface area contributed by atoms with Gasteiger partial charge in [-0.1, -0.05) is 6.92 Å². The smallest absolute Gasteiger partial charge is 0.410 e. The number of carbonyl (C=O) groups excluding carboxylic acids is 3. The second-order valence-electron chi connectivity index (χ2n) is 12.6. The van der Waals surface area contributed by atoms with Crippen LogP contribution < -0.4 is 5.32 Å². The Labute approximate surface area is 263 Å². The molecular formula is C30H37N5O9S. The SMILES string of the molecule is C[C@@H](O)[C@H]1C(=O)N2C(C(=O)O)=C(S[C@H]3CC(C(=O)NC4CN5CCC4CC5)N(C(=O)OCc4ccc([N+](=O)[O-])cc4)C3)[C@H](C)[C@H]12. The summed E-state index contributed by atoms with van der Waals surface area (Å²) < 4.78 is 5.56. The average Bonchev–Trinajstić information content (AvgIpc) is 3.54. The minimum Gasteiger partial charge on any atom is -0.477 e. The number of fused-ring (bicyclic) bond motifs is 4. The van der Waals surface area contributed by atoms with E-state index in [2.05, 4.69) is 10.2 Å². The molecule has 1 aromatic carbocycles. The number of ether oxygens (including phenoxy) is 1. The minimum atomic E-state index is -1.24. The van der Waals surface area contributed by atoms with Gasteiger partial charge in [-0.3, -0.25) is 24.6 Å². The lowest BCUT2D eigenvalue weighted by molar-refractivity contribution is -0.384. The van der Waals surface area contributed by atoms with Gasteiger partial charge in [0.05, 0.1) is 23.0 Å². The molecule has 3 N–H and O–H groups in total. The van der Waals surface area contributed by atoms with Crippen LogP contribution in [0.25, 0.3) is 0 Å². The number of carbonyl (C=O) groups is 4. The van der Waals surface area contributed by atoms with E-state index < -0.39 is 47.0 Å². The van der Waals surface area contributed by atoms with Crippen LogP contribution in [0.3, 0.4) is 0 Å². The van der Waals surface area contributed by atoms with E-state index in [1.165, 1.54) is 52.8 Å². The number of hydrogen-bond donors (Lipinski definition) is 3. The highest BCUT2D eigenvalue weighted by Gasteiger charge is 2.60. The number of β-lactam (4-membered cyclic amide) rings is 1. The number of hydrogen-bond acceptors (Lipinski definition) is 10. The Hall–Kier alpha value is -3.69. The van der Waals surface area contributed by atoms with Crippen molar-refractivity contribution in [2.24, 2.45) is 17.8 Å². The molecule has 0 aromatic heterocycles. The van der Waals surface area contributed by atoms with Gasteiger partial charge < -0.3 is 30.1 Å². The summed E-state index contributed by atoms with van der Waals surface area (Å²) in [5.74, 6) is -2.61. The fourth-order valence-corrected chi connectivity index (χ4v) is 9.06. The number of likely N-dealkylation sites (tertiary alicyclic amines) is 1. The maximum Gasteiger partial charge on any atom is 0.410 e. The molecule has 0 saturated carbocycles. The number of nitrogens with zero attached hydrogens (tertiary/aromatic N) is 4. The van der Waals surface area contributed by atoms with Crippen molar-refractivity contribution in [3.05, 3.63) is 50.5 Å². The van der Waals surface area contributed by atoms with Crippen molar-refractivity contribution in [1.82, 2.24) is 20.0 Å². The van der Waals surface area contributed by atoms with Crippen molar-refractivity contribution in [2.45, 2.75) is 69.2 Å². The Bertz CT molecular complexity index is 1430. The summed E-state index contributed by atoms with van der Waals surface area (Å²) in [4.78, 5) is 68.2. The summed E-state index contributed by atoms with van der Waals surface area (Å²) in [5.41, 5.74) is 0.355. The molecule has 0 spiro atoms. The van der Waals surface area contributed by atoms with Gasteiger partial charge in [0.2, 0.25) is 11.8 Å². The van der Waals surface area contributed by atoms with E-state index in [4.69, 9.17) is 4.74 Å². The highest BCUT2D eigenvalue weighted by Crippen LogP contribution is 2.52. The van der Waals surface area contributed by atoms with Gasteiger partial charge in [-0.25, -0.2) is 9.59 Å². The second kappa shape index (κ2) is 12.2. The number of nitrogens with one attached hydrogen (secondary N) is 1. The van der Waals surface area contributed by atoms with Gasteiger partial charge in [0, 0.05) is 47.3 Å². The Morgan fingerprint density at radius 2 is 1.87 bits per heavy atom. The van der Waals surface area contributed by atoms with Gasteiger partial charge in [0.15, 0.2) is 0 Å². The monoisotopic (exact) mass is 643 g/mol. The van der Waals surface area contributed by atoms with E-state index in [0.29, 0.717) is 16.4 Å². The molecule has 5 saturated heterocycles. The summed E-state index contributed by atoms with van der Waals surface area (Å²) in [6.07, 6.45) is 0.621. The molecule has 14 nitrogen and oxygen atoms in total. The number of amides is 3. The number of nitro groups is 1. The van der Waals surface area contributed by atoms with Gasteiger partial charge in [0.1, 0.15) is 18.3 Å². The first kappa shape index (κ1) is 31.3. The highest BCUT2D eigenvalue weighted by molar-refractivity contribution is 8.03. The Balaban J connectivity index is 1.19. The first-order chi connectivity index (χ1) is 21.4. The number of nitro benzene ring substituents is 1. The number of aliphatic hydroxyl groups is 1. The second-order valence-corrected chi connectivity index (χ2v) is 14.0. The summed E-state index contributed by atoms with van der Waals surface area (Å²) in [7, 11) is 0. The summed E-state index contributed by atoms with van der Waals surface area (Å²) in [6, 6.07) is 4.30. The van der Waals surface area contributed by atoms with Crippen LogP contribution in [0.4, 0.5) is 10.5 Å². The number of aliphatic hydroxyl groups excluding tert-OH is 1. The zero-order valence-electron chi connectivity index (χ0n) is 25.0. The van der Waals surface area contributed by atoms with Crippen LogP contribution in [-0.2, 0) is 25.7 Å². The third-order valence-corrected chi connectivity index (χ3v) is 11.4. The predicted molar refractivity (Wildman–Crippen MR) is 160 cm³/mol. The summed E-state index contributed by atoms with van der Waals surface area (Å²) in [6.45, 7) is 6.10. The Morgan fingerprint density at radius 3 is 2.44 bits per heavy atom. The third kappa shape index (κ3) is 5.76. The molecule has 5 fully saturated rings. The molecule has 0 radical (unpaired) electrons. The molecule has 15 heteroatoms. The lowest BCUT2D eigenvalue weighted by atomic mass is 9.79. The normalized spacial score (nSPS) is 32.6. The van der Waals surface area contributed by atoms with Gasteiger partial charge in [-0.05, 0) is 62.9 Å². The van der Waals surface area contributed by atoms with Crippen molar-refractivity contribution in [1.29, 1.82) is 0 Å². The highest BCUT2D eigenvalue weighted by atomic mass is 32.2. The fraction of sp³-hybridized carbons (Fsp3) is 0.600. The van der Waals surface area contributed by atoms with E-state index in [9.17, 15) is 39.5 Å². The molecular weight excluding hydrogens is 606 g/mol. The number of carboxylic acid groups (broad SMARTS) is 1. The molecule has 242 valence electrons. The lowest BCUT2D eigenvalue weighted by Crippen LogP contribution is -2.63. The van der Waals surface area contributed by atoms with Crippen LogP contribution in [0.5, 0.6) is 0 Å². The van der Waals surface area contributed by atoms with Crippen LogP contribution in [-0.4, -0.2) is 109 Å². The van der Waals surface area contributed by atoms with Crippen LogP contribution >= 0.6 is 11.8 Å². The number of non-ortho nitro benzene ring substituents is 1. The van der Waals surface area contributed by atoms with Crippen LogP contribution in [0.15, 0.2) is 34.9 Å². The van der Waals surface area contributed by atoms with Gasteiger partial charge in [-0.15, -0.1) is 11.8 Å². The minimum absolute atomic E-state index is 0.0206. The number of rotatable bonds is 9. The quantitative estimate of drug-likeness (QED) is 0.203. The Morgan fingerprint density at radius 1 is 1.18 bits per heavy atom. The zero-order valence-corrected chi connectivity index (χ0v) is 25.9. The van der Waals surface area contributed by atoms with Gasteiger partial charge >= 0.3 is 12.1 Å². The molecule has 2 bridgehead atoms. The van der Waals surface area contributed by atoms with Crippen LogP contribution in [0.2, 0.25) is 0 Å². The fourth-order valence-electron chi connectivity index (χ4n) is 7.54. The number of thioether (sulfide) groups is 1. The Kier molecular flexibility index (Phi) is 8.52. The van der Waals surface area contributed by atoms with E-state index in [-0.39, 0.29) is 54.1 Å². The molecule has 2 unspecified atom stereocenters. The lowest BCUT2D eigenvalue weighted by Gasteiger charge is -2.46. The molecule has 6 aliphatic rings. The van der Waals surface area contributed by atoms with Crippen LogP contribution in [0, 0.1) is 27.9 Å². The summed E-state index contributed by atoms with van der Waals surface area (Å²) in [5, 5.41) is 34.0. The number of carboxylic acids is 1. The number of aliphatic carboxylic acids is 1. The molecule has 0 aliphatic carbocycles. The van der Waals surface area contributed by atoms with Crippen molar-refractivity contribution < 1.29 is 39.1 Å². The van der Waals surface area contributed by atoms with Crippen molar-refractivity contribution in [2.75, 3.05) is 26.2 Å². The topological polar surface area (TPSA) is 183 Å². The molecule has 1 aromatic rings. The van der Waals surface area contributed by atoms with E-state index >= 15 is 0 Å². The molecule has 7 atom stereocenters. The van der Waals surface area contributed by atoms with Gasteiger partial charge in [-0.2, -0.15) is 0 Å². The van der Waals surface area contributed by atoms with Crippen molar-refractivity contribution in [3.63, 3.8) is 0 Å². The molecule has 7 rings (SSSR count). The predicted octanol–water partition coefficient (Wildman–Crippen LogP) is 1.77. The van der Waals surface area contributed by atoms with E-state index in [0.717, 1.165) is 32.5 Å². The molecule has 6 aliphatic heterocycles. The average molecular weight is 644 g/mol. The number of benzene rings is 1. The van der Waals surface area contributed by atoms with Crippen LogP contribution in [0.1, 0.15) is 38.7 Å². The maximum absolute atomic E-state index is 13.7. The molecule has 45 heavy (non-hydrogen) atoms. The zero-order chi connectivity index (χ0) is 32.2. The third-order valence-electron chi connectivity index (χ3n) is 9.90. The van der Waals surface area contributed by atoms with Gasteiger partial charge in [0.25, 0.3) is 5.69 Å². The summed E-state index contributed by atoms with van der Waals surface area (Å²) >= 11 is 1.26. The number of piperidine rings is 3. The first-order valence-electron chi connectivity index (χ1n) is 15.3. The van der Waals surface area contributed by atoms with E-state index in [1.807, 2.05) is 6.92 Å². The van der Waals surface area contributed by atoms with E-state index in [1.54, 1.807) is 0 Å². The first-order valence-corrected chi connectivity index (χ1v) is 16.2. The molecule has 6 heterocycles.